The minimum Gasteiger partial charge on any atom is -0.393 e. The molecule has 2 heteroatoms. The molecule has 0 radical (unpaired) electrons. The standard InChI is InChI=1S/C11H14O2/c12-8-3-4-9(13)11-7-2-1-6(5-7)10(8)11/h1-2,6-8,10-12H,3-5H2/t6-,7+,8-,10+,11-/m1/s1. The van der Waals surface area contributed by atoms with Crippen molar-refractivity contribution in [2.24, 2.45) is 23.7 Å². The summed E-state index contributed by atoms with van der Waals surface area (Å²) in [6.07, 6.45) is 6.56. The van der Waals surface area contributed by atoms with Gasteiger partial charge in [-0.25, -0.2) is 0 Å². The van der Waals surface area contributed by atoms with Gasteiger partial charge in [0.2, 0.25) is 0 Å². The summed E-state index contributed by atoms with van der Waals surface area (Å²) in [7, 11) is 0. The van der Waals surface area contributed by atoms with Crippen LogP contribution in [0, 0.1) is 23.7 Å². The van der Waals surface area contributed by atoms with E-state index in [2.05, 4.69) is 12.2 Å². The third-order valence-electron chi connectivity index (χ3n) is 4.02. The molecule has 0 saturated heterocycles. The summed E-state index contributed by atoms with van der Waals surface area (Å²) in [6.45, 7) is 0. The predicted molar refractivity (Wildman–Crippen MR) is 48.0 cm³/mol. The average molecular weight is 178 g/mol. The van der Waals surface area contributed by atoms with Gasteiger partial charge in [0.05, 0.1) is 6.10 Å². The molecule has 0 aromatic heterocycles. The van der Waals surface area contributed by atoms with Crippen LogP contribution in [0.4, 0.5) is 0 Å². The topological polar surface area (TPSA) is 37.3 Å². The first-order valence-corrected chi connectivity index (χ1v) is 5.16. The Morgan fingerprint density at radius 2 is 2.08 bits per heavy atom. The zero-order valence-corrected chi connectivity index (χ0v) is 7.52. The van der Waals surface area contributed by atoms with Gasteiger partial charge in [-0.3, -0.25) is 4.79 Å². The second kappa shape index (κ2) is 2.44. The van der Waals surface area contributed by atoms with E-state index in [1.165, 1.54) is 0 Å². The molecule has 3 rings (SSSR count). The lowest BCUT2D eigenvalue weighted by atomic mass is 9.71. The summed E-state index contributed by atoms with van der Waals surface area (Å²) in [4.78, 5) is 11.7. The molecule has 0 spiro atoms. The zero-order valence-electron chi connectivity index (χ0n) is 7.52. The molecular weight excluding hydrogens is 164 g/mol. The first kappa shape index (κ1) is 7.74. The van der Waals surface area contributed by atoms with E-state index >= 15 is 0 Å². The van der Waals surface area contributed by atoms with E-state index in [0.29, 0.717) is 30.5 Å². The van der Waals surface area contributed by atoms with Crippen LogP contribution in [-0.2, 0) is 4.79 Å². The fourth-order valence-corrected chi connectivity index (χ4v) is 3.49. The lowest BCUT2D eigenvalue weighted by Gasteiger charge is -2.35. The van der Waals surface area contributed by atoms with Gasteiger partial charge in [0.15, 0.2) is 0 Å². The van der Waals surface area contributed by atoms with Gasteiger partial charge in [-0.05, 0) is 24.7 Å². The van der Waals surface area contributed by atoms with Crippen molar-refractivity contribution < 1.29 is 9.90 Å². The second-order valence-corrected chi connectivity index (χ2v) is 4.62. The number of Topliss-reactive ketones (excluding diaryl/α,β-unsaturated/α-hetero) is 1. The van der Waals surface area contributed by atoms with E-state index < -0.39 is 0 Å². The van der Waals surface area contributed by atoms with Crippen LogP contribution >= 0.6 is 0 Å². The molecule has 2 bridgehead atoms. The maximum absolute atomic E-state index is 11.7. The Labute approximate surface area is 77.6 Å². The molecule has 0 heterocycles. The van der Waals surface area contributed by atoms with Crippen molar-refractivity contribution in [2.75, 3.05) is 0 Å². The molecule has 1 N–H and O–H groups in total. The Morgan fingerprint density at radius 3 is 2.85 bits per heavy atom. The van der Waals surface area contributed by atoms with E-state index in [1.54, 1.807) is 0 Å². The number of carbonyl (C=O) groups excluding carboxylic acids is 1. The number of ketones is 1. The Hall–Kier alpha value is -0.630. The minimum absolute atomic E-state index is 0.166. The number of fused-ring (bicyclic) bond motifs is 5. The Bertz CT molecular complexity index is 282. The van der Waals surface area contributed by atoms with Gasteiger partial charge >= 0.3 is 0 Å². The first-order valence-electron chi connectivity index (χ1n) is 5.16. The van der Waals surface area contributed by atoms with Gasteiger partial charge in [0.1, 0.15) is 5.78 Å². The van der Waals surface area contributed by atoms with E-state index in [9.17, 15) is 9.90 Å². The number of aliphatic hydroxyl groups excluding tert-OH is 1. The van der Waals surface area contributed by atoms with Crippen LogP contribution in [0.25, 0.3) is 0 Å². The van der Waals surface area contributed by atoms with Crippen molar-refractivity contribution in [3.63, 3.8) is 0 Å². The fraction of sp³-hybridized carbons (Fsp3) is 0.727. The first-order chi connectivity index (χ1) is 6.27. The molecule has 70 valence electrons. The smallest absolute Gasteiger partial charge is 0.137 e. The van der Waals surface area contributed by atoms with Crippen LogP contribution in [0.15, 0.2) is 12.2 Å². The van der Waals surface area contributed by atoms with Gasteiger partial charge in [-0.2, -0.15) is 0 Å². The number of rotatable bonds is 0. The predicted octanol–water partition coefficient (Wildman–Crippen LogP) is 1.15. The average Bonchev–Trinajstić information content (AvgIpc) is 2.70. The zero-order chi connectivity index (χ0) is 9.00. The van der Waals surface area contributed by atoms with Gasteiger partial charge in [-0.15, -0.1) is 0 Å². The molecule has 0 aromatic carbocycles. The highest BCUT2D eigenvalue weighted by molar-refractivity contribution is 5.83. The molecule has 3 aliphatic rings. The van der Waals surface area contributed by atoms with Crippen molar-refractivity contribution in [3.05, 3.63) is 12.2 Å². The van der Waals surface area contributed by atoms with Crippen molar-refractivity contribution in [2.45, 2.75) is 25.4 Å². The van der Waals surface area contributed by atoms with E-state index in [-0.39, 0.29) is 17.9 Å². The van der Waals surface area contributed by atoms with Crippen molar-refractivity contribution in [3.8, 4) is 0 Å². The number of hydrogen-bond donors (Lipinski definition) is 1. The van der Waals surface area contributed by atoms with Crippen LogP contribution in [0.1, 0.15) is 19.3 Å². The number of carbonyl (C=O) groups is 1. The van der Waals surface area contributed by atoms with Gasteiger partial charge in [-0.1, -0.05) is 12.2 Å². The summed E-state index contributed by atoms with van der Waals surface area (Å²) >= 11 is 0. The third-order valence-corrected chi connectivity index (χ3v) is 4.02. The lowest BCUT2D eigenvalue weighted by Crippen LogP contribution is -2.40. The van der Waals surface area contributed by atoms with Crippen molar-refractivity contribution in [1.82, 2.24) is 0 Å². The Balaban J connectivity index is 1.98. The molecule has 13 heavy (non-hydrogen) atoms. The van der Waals surface area contributed by atoms with E-state index in [0.717, 1.165) is 6.42 Å². The fourth-order valence-electron chi connectivity index (χ4n) is 3.49. The summed E-state index contributed by atoms with van der Waals surface area (Å²) in [5, 5.41) is 9.83. The summed E-state index contributed by atoms with van der Waals surface area (Å²) in [5.41, 5.74) is 0. The number of aliphatic hydroxyl groups is 1. The molecule has 2 fully saturated rings. The second-order valence-electron chi connectivity index (χ2n) is 4.62. The van der Waals surface area contributed by atoms with Gasteiger partial charge in [0, 0.05) is 18.3 Å². The monoisotopic (exact) mass is 178 g/mol. The number of hydrogen-bond acceptors (Lipinski definition) is 2. The lowest BCUT2D eigenvalue weighted by molar-refractivity contribution is -0.131. The molecule has 2 saturated carbocycles. The van der Waals surface area contributed by atoms with E-state index in [1.807, 2.05) is 0 Å². The van der Waals surface area contributed by atoms with Gasteiger partial charge in [0.25, 0.3) is 0 Å². The molecular formula is C11H14O2. The third kappa shape index (κ3) is 0.896. The van der Waals surface area contributed by atoms with Crippen LogP contribution in [0.2, 0.25) is 0 Å². The maximum atomic E-state index is 11.7. The minimum atomic E-state index is -0.220. The molecule has 3 aliphatic carbocycles. The van der Waals surface area contributed by atoms with Crippen molar-refractivity contribution in [1.29, 1.82) is 0 Å². The Kier molecular flexibility index (Phi) is 1.46. The largest absolute Gasteiger partial charge is 0.393 e. The molecule has 0 unspecified atom stereocenters. The van der Waals surface area contributed by atoms with Gasteiger partial charge < -0.3 is 5.11 Å². The normalized spacial score (nSPS) is 52.7. The van der Waals surface area contributed by atoms with Crippen LogP contribution in [0.5, 0.6) is 0 Å². The van der Waals surface area contributed by atoms with Crippen molar-refractivity contribution >= 4 is 5.78 Å². The molecule has 0 aromatic rings. The molecule has 0 aliphatic heterocycles. The van der Waals surface area contributed by atoms with E-state index in [4.69, 9.17) is 0 Å². The quantitative estimate of drug-likeness (QED) is 0.565. The van der Waals surface area contributed by atoms with Crippen LogP contribution < -0.4 is 0 Å². The highest BCUT2D eigenvalue weighted by Gasteiger charge is 2.52. The SMILES string of the molecule is O=C1CC[C@@H](O)[C@H]2[C@@H]1[C@H]1C=C[C@@H]2C1. The maximum Gasteiger partial charge on any atom is 0.137 e. The summed E-state index contributed by atoms with van der Waals surface area (Å²) < 4.78 is 0. The highest BCUT2D eigenvalue weighted by Crippen LogP contribution is 2.52. The summed E-state index contributed by atoms with van der Waals surface area (Å²) in [5.74, 6) is 1.77. The van der Waals surface area contributed by atoms with Crippen LogP contribution in [0.3, 0.4) is 0 Å². The Morgan fingerprint density at radius 1 is 1.31 bits per heavy atom. The molecule has 2 nitrogen and oxygen atoms in total. The molecule has 0 amide bonds. The molecule has 5 atom stereocenters. The number of allylic oxidation sites excluding steroid dienone is 2. The van der Waals surface area contributed by atoms with Crippen LogP contribution in [-0.4, -0.2) is 17.0 Å². The summed E-state index contributed by atoms with van der Waals surface area (Å²) in [6, 6.07) is 0. The highest BCUT2D eigenvalue weighted by atomic mass is 16.3.